The summed E-state index contributed by atoms with van der Waals surface area (Å²) in [5, 5.41) is 2.59. The lowest BCUT2D eigenvalue weighted by Crippen LogP contribution is -2.43. The molecule has 3 N–H and O–H groups in total. The number of halogens is 5. The molecule has 1 aromatic carbocycles. The lowest BCUT2D eigenvalue weighted by molar-refractivity contribution is -0.0501. The number of nitrogens with zero attached hydrogens (tertiary/aromatic N) is 2. The fraction of sp³-hybridized carbons (Fsp3) is 0.350. The van der Waals surface area contributed by atoms with Crippen LogP contribution in [0.3, 0.4) is 0 Å². The number of anilines is 1. The van der Waals surface area contributed by atoms with Crippen LogP contribution >= 0.6 is 11.6 Å². The molecule has 0 radical (unpaired) electrons. The van der Waals surface area contributed by atoms with Gasteiger partial charge in [0.15, 0.2) is 5.54 Å². The molecule has 4 rings (SSSR count). The lowest BCUT2D eigenvalue weighted by Gasteiger charge is -2.33. The fourth-order valence-corrected chi connectivity index (χ4v) is 4.12. The van der Waals surface area contributed by atoms with Crippen LogP contribution in [0.2, 0.25) is 5.02 Å². The summed E-state index contributed by atoms with van der Waals surface area (Å²) >= 11 is 6.25. The van der Waals surface area contributed by atoms with E-state index in [1.165, 1.54) is 31.2 Å². The van der Waals surface area contributed by atoms with Gasteiger partial charge in [0.25, 0.3) is 18.4 Å². The number of carbonyl (C=O) groups is 1. The summed E-state index contributed by atoms with van der Waals surface area (Å²) in [5.74, 6) is -1.48. The molecule has 7 nitrogen and oxygen atoms in total. The van der Waals surface area contributed by atoms with Crippen molar-refractivity contribution in [1.29, 1.82) is 0 Å². The Morgan fingerprint density at radius 1 is 1.34 bits per heavy atom. The van der Waals surface area contributed by atoms with Crippen LogP contribution in [0.1, 0.15) is 28.0 Å². The summed E-state index contributed by atoms with van der Waals surface area (Å²) in [6.45, 7) is -1.54. The number of fused-ring (bicyclic) bond motifs is 1. The smallest absolute Gasteiger partial charge is 0.387 e. The molecular weight excluding hydrogens is 456 g/mol. The quantitative estimate of drug-likeness (QED) is 0.617. The van der Waals surface area contributed by atoms with Crippen molar-refractivity contribution in [3.8, 4) is 5.75 Å². The van der Waals surface area contributed by atoms with Crippen molar-refractivity contribution < 1.29 is 31.8 Å². The van der Waals surface area contributed by atoms with Crippen molar-refractivity contribution in [3.63, 3.8) is 0 Å². The van der Waals surface area contributed by atoms with Crippen LogP contribution in [0.25, 0.3) is 0 Å². The molecule has 2 aliphatic rings. The zero-order chi connectivity index (χ0) is 23.2. The van der Waals surface area contributed by atoms with Crippen LogP contribution in [-0.2, 0) is 10.3 Å². The molecule has 1 aliphatic heterocycles. The van der Waals surface area contributed by atoms with Crippen LogP contribution in [0.15, 0.2) is 35.5 Å². The number of hydrogen-bond donors (Lipinski definition) is 2. The molecule has 0 saturated heterocycles. The summed E-state index contributed by atoms with van der Waals surface area (Å²) in [5.41, 5.74) is 4.03. The molecule has 170 valence electrons. The Labute approximate surface area is 184 Å². The highest BCUT2D eigenvalue weighted by Gasteiger charge is 2.64. The van der Waals surface area contributed by atoms with E-state index in [9.17, 15) is 22.4 Å². The number of pyridine rings is 1. The number of rotatable bonds is 6. The van der Waals surface area contributed by atoms with Crippen molar-refractivity contribution in [2.24, 2.45) is 16.6 Å². The summed E-state index contributed by atoms with van der Waals surface area (Å²) in [6.07, 6.45) is -2.07. The molecule has 2 heterocycles. The molecule has 1 fully saturated rings. The molecule has 1 amide bonds. The summed E-state index contributed by atoms with van der Waals surface area (Å²) < 4.78 is 62.8. The number of carbonyl (C=O) groups excluding carboxylic acids is 1. The summed E-state index contributed by atoms with van der Waals surface area (Å²) in [6, 6.07) is 5.01. The van der Waals surface area contributed by atoms with Crippen molar-refractivity contribution in [2.75, 3.05) is 5.32 Å². The second-order valence-electron chi connectivity index (χ2n) is 7.44. The third kappa shape index (κ3) is 3.92. The van der Waals surface area contributed by atoms with Crippen molar-refractivity contribution in [3.05, 3.63) is 52.3 Å². The molecule has 2 aromatic rings. The molecule has 1 aromatic heterocycles. The number of amidine groups is 1. The Morgan fingerprint density at radius 2 is 2.09 bits per heavy atom. The zero-order valence-corrected chi connectivity index (χ0v) is 17.2. The first-order valence-electron chi connectivity index (χ1n) is 9.44. The van der Waals surface area contributed by atoms with E-state index >= 15 is 0 Å². The van der Waals surface area contributed by atoms with E-state index in [1.807, 2.05) is 0 Å². The lowest BCUT2D eigenvalue weighted by atomic mass is 9.84. The van der Waals surface area contributed by atoms with Gasteiger partial charge in [-0.2, -0.15) is 8.78 Å². The minimum Gasteiger partial charge on any atom is -0.462 e. The van der Waals surface area contributed by atoms with E-state index in [2.05, 4.69) is 20.0 Å². The Balaban J connectivity index is 1.64. The topological polar surface area (TPSA) is 98.8 Å². The van der Waals surface area contributed by atoms with Gasteiger partial charge in [-0.3, -0.25) is 4.79 Å². The van der Waals surface area contributed by atoms with Crippen molar-refractivity contribution in [1.82, 2.24) is 4.98 Å². The van der Waals surface area contributed by atoms with Gasteiger partial charge < -0.3 is 20.5 Å². The Bertz CT molecular complexity index is 1100. The summed E-state index contributed by atoms with van der Waals surface area (Å²) in [4.78, 5) is 20.5. The second kappa shape index (κ2) is 8.12. The van der Waals surface area contributed by atoms with Crippen molar-refractivity contribution >= 4 is 29.2 Å². The highest BCUT2D eigenvalue weighted by atomic mass is 35.5. The van der Waals surface area contributed by atoms with Gasteiger partial charge in [0.1, 0.15) is 17.5 Å². The van der Waals surface area contributed by atoms with Crippen LogP contribution in [-0.4, -0.2) is 36.1 Å². The third-order valence-electron chi connectivity index (χ3n) is 5.35. The first-order chi connectivity index (χ1) is 15.1. The van der Waals surface area contributed by atoms with E-state index in [4.69, 9.17) is 22.1 Å². The zero-order valence-electron chi connectivity index (χ0n) is 16.5. The maximum absolute atomic E-state index is 14.3. The average molecular weight is 473 g/mol. The van der Waals surface area contributed by atoms with Gasteiger partial charge in [-0.05, 0) is 43.2 Å². The van der Waals surface area contributed by atoms with Gasteiger partial charge >= 0.3 is 6.61 Å². The highest BCUT2D eigenvalue weighted by molar-refractivity contribution is 6.31. The first-order valence-corrected chi connectivity index (χ1v) is 9.82. The third-order valence-corrected chi connectivity index (χ3v) is 5.68. The maximum atomic E-state index is 14.3. The number of aliphatic imine (C=N–C) groups is 1. The molecule has 0 spiro atoms. The molecule has 32 heavy (non-hydrogen) atoms. The number of nitrogens with one attached hydrogen (secondary N) is 1. The Kier molecular flexibility index (Phi) is 5.61. The van der Waals surface area contributed by atoms with Crippen molar-refractivity contribution in [2.45, 2.75) is 38.0 Å². The number of aromatic nitrogens is 1. The van der Waals surface area contributed by atoms with Gasteiger partial charge in [-0.1, -0.05) is 11.6 Å². The molecule has 1 saturated carbocycles. The van der Waals surface area contributed by atoms with Crippen LogP contribution in [0.5, 0.6) is 5.75 Å². The molecule has 3 atom stereocenters. The largest absolute Gasteiger partial charge is 0.462 e. The van der Waals surface area contributed by atoms with Gasteiger partial charge in [-0.25, -0.2) is 18.8 Å². The molecule has 1 unspecified atom stereocenters. The van der Waals surface area contributed by atoms with E-state index in [0.29, 0.717) is 6.42 Å². The molecule has 0 bridgehead atoms. The molecular formula is C20H17ClF4N4O3. The number of ether oxygens (including phenoxy) is 2. The maximum Gasteiger partial charge on any atom is 0.387 e. The monoisotopic (exact) mass is 472 g/mol. The SMILES string of the molecule is Cc1cc(OC(F)F)cnc1C(=O)Nc1ccc(Cl)c([C@@]2(C(F)F)N=C(N)O[C@@H]3CC32)c1. The number of alkyl halides is 4. The number of hydrogen-bond acceptors (Lipinski definition) is 6. The van der Waals surface area contributed by atoms with Gasteiger partial charge in [-0.15, -0.1) is 0 Å². The number of aryl methyl sites for hydroxylation is 1. The Morgan fingerprint density at radius 3 is 2.75 bits per heavy atom. The molecule has 12 heteroatoms. The molecule has 1 aliphatic carbocycles. The van der Waals surface area contributed by atoms with Crippen LogP contribution in [0.4, 0.5) is 23.2 Å². The van der Waals surface area contributed by atoms with Gasteiger partial charge in [0.2, 0.25) is 0 Å². The number of nitrogens with two attached hydrogens (primary N) is 1. The van der Waals surface area contributed by atoms with Gasteiger partial charge in [0, 0.05) is 22.2 Å². The Hall–Kier alpha value is -3.08. The minimum atomic E-state index is -3.03. The fourth-order valence-electron chi connectivity index (χ4n) is 3.85. The van der Waals surface area contributed by atoms with Crippen LogP contribution < -0.4 is 15.8 Å². The van der Waals surface area contributed by atoms with Crippen LogP contribution in [0, 0.1) is 12.8 Å². The standard InChI is InChI=1S/C20H17ClF4N4O3/c1-8-4-10(31-18(24)25)7-27-15(8)16(30)28-9-2-3-13(21)11(5-9)20(17(22)23)12-6-14(12)32-19(26)29-20/h2-5,7,12,14,17-18H,6H2,1H3,(H2,26,29)(H,28,30)/t12?,14-,20-/m1/s1. The predicted molar refractivity (Wildman–Crippen MR) is 107 cm³/mol. The highest BCUT2D eigenvalue weighted by Crippen LogP contribution is 2.57. The van der Waals surface area contributed by atoms with E-state index < -0.39 is 36.5 Å². The first kappa shape index (κ1) is 22.1. The average Bonchev–Trinajstić information content (AvgIpc) is 3.47. The van der Waals surface area contributed by atoms with E-state index in [-0.39, 0.29) is 39.3 Å². The summed E-state index contributed by atoms with van der Waals surface area (Å²) in [7, 11) is 0. The number of benzene rings is 1. The van der Waals surface area contributed by atoms with E-state index in [0.717, 1.165) is 6.20 Å². The number of amides is 1. The van der Waals surface area contributed by atoms with E-state index in [1.54, 1.807) is 0 Å². The van der Waals surface area contributed by atoms with Gasteiger partial charge in [0.05, 0.1) is 6.20 Å². The predicted octanol–water partition coefficient (Wildman–Crippen LogP) is 4.09. The normalized spacial score (nSPS) is 23.9. The second-order valence-corrected chi connectivity index (χ2v) is 7.85. The minimum absolute atomic E-state index is 0.0103.